The second-order valence-corrected chi connectivity index (χ2v) is 7.66. The van der Waals surface area contributed by atoms with Crippen LogP contribution in [0.1, 0.15) is 53.4 Å². The van der Waals surface area contributed by atoms with Gasteiger partial charge in [0.05, 0.1) is 0 Å². The minimum atomic E-state index is 0. The zero-order valence-electron chi connectivity index (χ0n) is 15.5. The molecule has 0 amide bonds. The highest BCUT2D eigenvalue weighted by atomic mass is 127. The van der Waals surface area contributed by atoms with Crippen molar-refractivity contribution in [2.24, 2.45) is 15.8 Å². The van der Waals surface area contributed by atoms with Gasteiger partial charge in [-0.1, -0.05) is 27.2 Å². The summed E-state index contributed by atoms with van der Waals surface area (Å²) in [4.78, 5) is 7.03. The van der Waals surface area contributed by atoms with E-state index in [1.165, 1.54) is 25.7 Å². The molecule has 5 heteroatoms. The molecule has 1 aliphatic rings. The van der Waals surface area contributed by atoms with Gasteiger partial charge in [0.1, 0.15) is 0 Å². The molecule has 2 N–H and O–H groups in total. The van der Waals surface area contributed by atoms with Gasteiger partial charge in [0.2, 0.25) is 0 Å². The highest BCUT2D eigenvalue weighted by molar-refractivity contribution is 14.0. The Morgan fingerprint density at radius 2 is 1.82 bits per heavy atom. The van der Waals surface area contributed by atoms with E-state index in [4.69, 9.17) is 4.99 Å². The molecule has 132 valence electrons. The van der Waals surface area contributed by atoms with E-state index < -0.39 is 0 Å². The van der Waals surface area contributed by atoms with Gasteiger partial charge < -0.3 is 15.5 Å². The van der Waals surface area contributed by atoms with Gasteiger partial charge in [0.15, 0.2) is 5.96 Å². The Hall–Kier alpha value is -0.0400. The normalized spacial score (nSPS) is 17.7. The zero-order valence-corrected chi connectivity index (χ0v) is 17.8. The van der Waals surface area contributed by atoms with Crippen molar-refractivity contribution in [3.05, 3.63) is 0 Å². The molecule has 4 nitrogen and oxygen atoms in total. The Kier molecular flexibility index (Phi) is 9.94. The van der Waals surface area contributed by atoms with Gasteiger partial charge in [-0.05, 0) is 51.1 Å². The maximum Gasteiger partial charge on any atom is 0.191 e. The number of nitrogens with one attached hydrogen (secondary N) is 2. The minimum absolute atomic E-state index is 0. The lowest BCUT2D eigenvalue weighted by atomic mass is 9.67. The van der Waals surface area contributed by atoms with Crippen LogP contribution in [0.2, 0.25) is 0 Å². The Balaban J connectivity index is 0.00000441. The van der Waals surface area contributed by atoms with Crippen LogP contribution in [0, 0.1) is 10.8 Å². The van der Waals surface area contributed by atoms with Crippen molar-refractivity contribution in [2.45, 2.75) is 53.4 Å². The lowest BCUT2D eigenvalue weighted by Gasteiger charge is -2.41. The van der Waals surface area contributed by atoms with E-state index in [9.17, 15) is 0 Å². The topological polar surface area (TPSA) is 39.7 Å². The van der Waals surface area contributed by atoms with Crippen LogP contribution >= 0.6 is 24.0 Å². The molecule has 0 spiro atoms. The van der Waals surface area contributed by atoms with Crippen LogP contribution in [0.25, 0.3) is 0 Å². The van der Waals surface area contributed by atoms with Crippen molar-refractivity contribution < 1.29 is 0 Å². The Morgan fingerprint density at radius 3 is 2.23 bits per heavy atom. The summed E-state index contributed by atoms with van der Waals surface area (Å²) in [6, 6.07) is 0. The molecule has 22 heavy (non-hydrogen) atoms. The summed E-state index contributed by atoms with van der Waals surface area (Å²) in [5, 5.41) is 6.94. The SMILES string of the molecule is CCNC(=NCC(C)(C)CN(C)C)NCC1(CC)CCC1.I. The number of nitrogens with zero attached hydrogens (tertiary/aromatic N) is 2. The molecule has 0 radical (unpaired) electrons. The molecule has 0 aliphatic heterocycles. The molecule has 0 aromatic heterocycles. The van der Waals surface area contributed by atoms with E-state index >= 15 is 0 Å². The smallest absolute Gasteiger partial charge is 0.191 e. The first-order valence-electron chi connectivity index (χ1n) is 8.49. The first-order valence-corrected chi connectivity index (χ1v) is 8.49. The summed E-state index contributed by atoms with van der Waals surface area (Å²) in [5.41, 5.74) is 0.722. The zero-order chi connectivity index (χ0) is 15.9. The fourth-order valence-corrected chi connectivity index (χ4v) is 3.14. The summed E-state index contributed by atoms with van der Waals surface area (Å²) >= 11 is 0. The van der Waals surface area contributed by atoms with Crippen LogP contribution in [0.4, 0.5) is 0 Å². The maximum atomic E-state index is 4.80. The quantitative estimate of drug-likeness (QED) is 0.357. The third-order valence-electron chi connectivity index (χ3n) is 4.55. The summed E-state index contributed by atoms with van der Waals surface area (Å²) in [7, 11) is 4.24. The standard InChI is InChI=1S/C17H36N4.HI/c1-7-17(10-9-11-17)13-20-15(18-8-2)19-12-16(3,4)14-21(5)6;/h7-14H2,1-6H3,(H2,18,19,20);1H. The van der Waals surface area contributed by atoms with E-state index in [0.29, 0.717) is 5.41 Å². The number of aliphatic imine (C=N–C) groups is 1. The van der Waals surface area contributed by atoms with Crippen molar-refractivity contribution in [3.8, 4) is 0 Å². The third-order valence-corrected chi connectivity index (χ3v) is 4.55. The summed E-state index contributed by atoms with van der Waals surface area (Å²) in [5.74, 6) is 0.976. The summed E-state index contributed by atoms with van der Waals surface area (Å²) < 4.78 is 0. The molecule has 0 aromatic carbocycles. The van der Waals surface area contributed by atoms with Crippen LogP contribution in [-0.4, -0.2) is 51.1 Å². The molecular weight excluding hydrogens is 387 g/mol. The molecule has 0 aromatic rings. The second kappa shape index (κ2) is 9.96. The van der Waals surface area contributed by atoms with E-state index in [-0.39, 0.29) is 29.4 Å². The van der Waals surface area contributed by atoms with Gasteiger partial charge in [-0.2, -0.15) is 0 Å². The number of rotatable bonds is 8. The summed E-state index contributed by atoms with van der Waals surface area (Å²) in [6.45, 7) is 12.9. The van der Waals surface area contributed by atoms with Gasteiger partial charge in [0.25, 0.3) is 0 Å². The van der Waals surface area contributed by atoms with E-state index in [1.807, 2.05) is 0 Å². The number of hydrogen-bond donors (Lipinski definition) is 2. The lowest BCUT2D eigenvalue weighted by molar-refractivity contribution is 0.131. The molecule has 1 aliphatic carbocycles. The molecular formula is C17H37IN4. The highest BCUT2D eigenvalue weighted by Gasteiger charge is 2.34. The lowest BCUT2D eigenvalue weighted by Crippen LogP contribution is -2.46. The Morgan fingerprint density at radius 1 is 1.18 bits per heavy atom. The van der Waals surface area contributed by atoms with E-state index in [2.05, 4.69) is 57.3 Å². The van der Waals surface area contributed by atoms with Crippen molar-refractivity contribution in [2.75, 3.05) is 40.3 Å². The molecule has 0 saturated heterocycles. The number of guanidine groups is 1. The van der Waals surface area contributed by atoms with Crippen LogP contribution in [0.3, 0.4) is 0 Å². The first kappa shape index (κ1) is 22.0. The number of hydrogen-bond acceptors (Lipinski definition) is 2. The fourth-order valence-electron chi connectivity index (χ4n) is 3.14. The minimum Gasteiger partial charge on any atom is -0.357 e. The average Bonchev–Trinajstić information content (AvgIpc) is 2.33. The monoisotopic (exact) mass is 424 g/mol. The van der Waals surface area contributed by atoms with Crippen LogP contribution in [0.15, 0.2) is 4.99 Å². The third kappa shape index (κ3) is 7.49. The van der Waals surface area contributed by atoms with Gasteiger partial charge in [-0.3, -0.25) is 4.99 Å². The number of halogens is 1. The highest BCUT2D eigenvalue weighted by Crippen LogP contribution is 2.42. The molecule has 0 heterocycles. The Labute approximate surface area is 154 Å². The maximum absolute atomic E-state index is 4.80. The van der Waals surface area contributed by atoms with Gasteiger partial charge in [0, 0.05) is 26.2 Å². The first-order chi connectivity index (χ1) is 9.82. The van der Waals surface area contributed by atoms with Gasteiger partial charge in [-0.15, -0.1) is 24.0 Å². The van der Waals surface area contributed by atoms with Crippen molar-refractivity contribution in [1.82, 2.24) is 15.5 Å². The van der Waals surface area contributed by atoms with Crippen molar-refractivity contribution >= 4 is 29.9 Å². The Bertz CT molecular complexity index is 330. The molecule has 0 bridgehead atoms. The van der Waals surface area contributed by atoms with Gasteiger partial charge >= 0.3 is 0 Å². The van der Waals surface area contributed by atoms with E-state index in [0.717, 1.165) is 32.1 Å². The molecule has 0 unspecified atom stereocenters. The largest absolute Gasteiger partial charge is 0.357 e. The second-order valence-electron chi connectivity index (χ2n) is 7.66. The molecule has 1 saturated carbocycles. The van der Waals surface area contributed by atoms with Crippen molar-refractivity contribution in [1.29, 1.82) is 0 Å². The predicted molar refractivity (Wildman–Crippen MR) is 108 cm³/mol. The predicted octanol–water partition coefficient (Wildman–Crippen LogP) is 3.33. The van der Waals surface area contributed by atoms with Crippen LogP contribution in [-0.2, 0) is 0 Å². The average molecular weight is 424 g/mol. The van der Waals surface area contributed by atoms with Crippen LogP contribution in [0.5, 0.6) is 0 Å². The molecule has 1 fully saturated rings. The molecule has 0 atom stereocenters. The van der Waals surface area contributed by atoms with Gasteiger partial charge in [-0.25, -0.2) is 0 Å². The van der Waals surface area contributed by atoms with Crippen molar-refractivity contribution in [3.63, 3.8) is 0 Å². The summed E-state index contributed by atoms with van der Waals surface area (Å²) in [6.07, 6.45) is 5.38. The fraction of sp³-hybridized carbons (Fsp3) is 0.941. The molecule has 1 rings (SSSR count). The van der Waals surface area contributed by atoms with Crippen LogP contribution < -0.4 is 10.6 Å². The van der Waals surface area contributed by atoms with E-state index in [1.54, 1.807) is 0 Å².